The lowest BCUT2D eigenvalue weighted by atomic mass is 9.38. The first-order chi connectivity index (χ1) is 43.8. The first-order valence-electron chi connectivity index (χ1n) is 40.7. The van der Waals surface area contributed by atoms with Crippen molar-refractivity contribution in [2.75, 3.05) is 0 Å². The molecule has 0 aromatic rings. The first kappa shape index (κ1) is 83.7. The summed E-state index contributed by atoms with van der Waals surface area (Å²) in [6.07, 6.45) is 75.5. The van der Waals surface area contributed by atoms with Crippen molar-refractivity contribution in [2.45, 2.75) is 426 Å². The molecule has 4 unspecified atom stereocenters. The smallest absolute Gasteiger partial charge is 0.163 e. The Hall–Kier alpha value is -2.55. The van der Waals surface area contributed by atoms with Crippen LogP contribution >= 0.6 is 0 Å². The maximum atomic E-state index is 15.0. The molecule has 0 aromatic carbocycles. The molecule has 0 amide bonds. The molecular weight excluding hydrogens is 1120 g/mol. The lowest BCUT2D eigenvalue weighted by molar-refractivity contribution is -0.120. The maximum Gasteiger partial charge on any atom is 0.163 e. The van der Waals surface area contributed by atoms with Gasteiger partial charge in [0, 0.05) is 23.2 Å². The Labute approximate surface area is 574 Å². The zero-order chi connectivity index (χ0) is 68.1. The number of rotatable bonds is 53. The van der Waals surface area contributed by atoms with E-state index >= 15 is 9.59 Å². The van der Waals surface area contributed by atoms with Gasteiger partial charge in [0.15, 0.2) is 17.3 Å². The van der Waals surface area contributed by atoms with Crippen LogP contribution in [0.4, 0.5) is 0 Å². The van der Waals surface area contributed by atoms with E-state index in [2.05, 4.69) is 154 Å². The fraction of sp³-hybridized carbons (Fsp3) is 0.831. The lowest BCUT2D eigenvalue weighted by Crippen LogP contribution is -2.57. The molecular formula is C89H156O3. The summed E-state index contributed by atoms with van der Waals surface area (Å²) in [5.74, 6) is -0.0447. The Balaban J connectivity index is 2.63. The summed E-state index contributed by atoms with van der Waals surface area (Å²) < 4.78 is 0. The van der Waals surface area contributed by atoms with E-state index in [1.54, 1.807) is 0 Å². The molecule has 530 valence electrons. The molecule has 0 N–H and O–H groups in total. The van der Waals surface area contributed by atoms with Crippen molar-refractivity contribution >= 4 is 17.3 Å². The van der Waals surface area contributed by atoms with Gasteiger partial charge in [-0.15, -0.1) is 0 Å². The number of carbonyl (C=O) groups excluding carboxylic acids is 3. The third kappa shape index (κ3) is 27.0. The molecule has 0 fully saturated rings. The second kappa shape index (κ2) is 44.4. The zero-order valence-corrected chi connectivity index (χ0v) is 64.9. The summed E-state index contributed by atoms with van der Waals surface area (Å²) in [5.41, 5.74) is 5.51. The minimum absolute atomic E-state index is 0.225. The second-order valence-corrected chi connectivity index (χ2v) is 34.4. The third-order valence-corrected chi connectivity index (χ3v) is 23.3. The molecule has 0 aromatic heterocycles. The highest BCUT2D eigenvalue weighted by Gasteiger charge is 2.64. The molecule has 3 rings (SSSR count). The lowest BCUT2D eigenvalue weighted by Gasteiger charge is -2.65. The fourth-order valence-electron chi connectivity index (χ4n) is 17.6. The van der Waals surface area contributed by atoms with Crippen LogP contribution in [0.15, 0.2) is 69.9 Å². The van der Waals surface area contributed by atoms with Gasteiger partial charge in [-0.2, -0.15) is 0 Å². The van der Waals surface area contributed by atoms with Crippen LogP contribution in [0.3, 0.4) is 0 Å². The number of allylic oxidation sites excluding steroid dienone is 12. The van der Waals surface area contributed by atoms with Gasteiger partial charge in [0.2, 0.25) is 0 Å². The largest absolute Gasteiger partial charge is 0.294 e. The Bertz CT molecular complexity index is 2170. The maximum absolute atomic E-state index is 15.0. The summed E-state index contributed by atoms with van der Waals surface area (Å²) in [6.45, 7) is 39.7. The van der Waals surface area contributed by atoms with E-state index in [1.165, 1.54) is 279 Å². The zero-order valence-electron chi connectivity index (χ0n) is 64.9. The molecule has 3 aliphatic carbocycles. The van der Waals surface area contributed by atoms with E-state index in [0.717, 1.165) is 62.5 Å². The van der Waals surface area contributed by atoms with Crippen LogP contribution < -0.4 is 0 Å². The van der Waals surface area contributed by atoms with Gasteiger partial charge in [-0.3, -0.25) is 14.4 Å². The Kier molecular flexibility index (Phi) is 40.4. The van der Waals surface area contributed by atoms with Crippen LogP contribution in [-0.2, 0) is 14.4 Å². The van der Waals surface area contributed by atoms with Crippen molar-refractivity contribution in [1.29, 1.82) is 0 Å². The van der Waals surface area contributed by atoms with E-state index in [1.807, 2.05) is 0 Å². The van der Waals surface area contributed by atoms with Gasteiger partial charge >= 0.3 is 0 Å². The van der Waals surface area contributed by atoms with Crippen molar-refractivity contribution in [2.24, 2.45) is 50.2 Å². The Morgan fingerprint density at radius 3 is 0.696 bits per heavy atom. The van der Waals surface area contributed by atoms with E-state index in [-0.39, 0.29) is 62.2 Å². The average molecular weight is 1270 g/mol. The summed E-state index contributed by atoms with van der Waals surface area (Å²) in [6, 6.07) is 0. The summed E-state index contributed by atoms with van der Waals surface area (Å²) in [5, 5.41) is 0. The standard InChI is InChI=1S/C89H156O3/c1-18-22-26-30-34-38-42-46-50-54-58-62-87(17,75-69-78(84(8,9)10)81(90)66-72(75)5)88(63-59-55-51-47-43-39-35-31-27-23-19-2,64-60-56-52-48-44-40-36-32-28-24-20-3)89(65-61-57-53-49-45-41-37-33-29-25-21-4,76-70-79(85(11,12)13)82(91)67-73(76)6)77-71-80(86(14,15)16)83(92)68-74(77)7/h66-71,78-80H,18-65H2,1-17H3. The third-order valence-electron chi connectivity index (χ3n) is 23.3. The Morgan fingerprint density at radius 1 is 0.261 bits per heavy atom. The van der Waals surface area contributed by atoms with E-state index in [0.29, 0.717) is 0 Å². The molecule has 4 atom stereocenters. The first-order valence-corrected chi connectivity index (χ1v) is 40.7. The van der Waals surface area contributed by atoms with Crippen LogP contribution in [0.25, 0.3) is 0 Å². The van der Waals surface area contributed by atoms with E-state index in [4.69, 9.17) is 0 Å². The normalized spacial score (nSPS) is 19.1. The van der Waals surface area contributed by atoms with Gasteiger partial charge in [0.25, 0.3) is 0 Å². The highest BCUT2D eigenvalue weighted by Crippen LogP contribution is 2.73. The number of hydrogen-bond donors (Lipinski definition) is 0. The monoisotopic (exact) mass is 1270 g/mol. The predicted molar refractivity (Wildman–Crippen MR) is 407 cm³/mol. The van der Waals surface area contributed by atoms with Crippen molar-refractivity contribution in [3.05, 3.63) is 69.9 Å². The number of carbonyl (C=O) groups is 3. The van der Waals surface area contributed by atoms with Gasteiger partial charge < -0.3 is 0 Å². The van der Waals surface area contributed by atoms with Crippen molar-refractivity contribution in [1.82, 2.24) is 0 Å². The summed E-state index contributed by atoms with van der Waals surface area (Å²) in [7, 11) is 0. The topological polar surface area (TPSA) is 51.2 Å². The number of unbranched alkanes of at least 4 members (excludes halogenated alkanes) is 40. The van der Waals surface area contributed by atoms with Crippen LogP contribution in [0.5, 0.6) is 0 Å². The minimum Gasteiger partial charge on any atom is -0.294 e. The quantitative estimate of drug-likeness (QED) is 0.0570. The van der Waals surface area contributed by atoms with Gasteiger partial charge in [-0.1, -0.05) is 398 Å². The molecule has 3 nitrogen and oxygen atoms in total. The van der Waals surface area contributed by atoms with Crippen molar-refractivity contribution in [3.63, 3.8) is 0 Å². The summed E-state index contributed by atoms with van der Waals surface area (Å²) in [4.78, 5) is 44.8. The molecule has 0 aliphatic heterocycles. The average Bonchev–Trinajstić information content (AvgIpc) is 0.686. The number of hydrogen-bond acceptors (Lipinski definition) is 3. The van der Waals surface area contributed by atoms with Crippen LogP contribution in [-0.4, -0.2) is 17.3 Å². The highest BCUT2D eigenvalue weighted by molar-refractivity contribution is 5.98. The van der Waals surface area contributed by atoms with Crippen LogP contribution in [0.2, 0.25) is 0 Å². The predicted octanol–water partition coefficient (Wildman–Crippen LogP) is 29.1. The van der Waals surface area contributed by atoms with Crippen molar-refractivity contribution < 1.29 is 14.4 Å². The molecule has 0 saturated heterocycles. The number of ketones is 3. The molecule has 3 heteroatoms. The minimum atomic E-state index is -0.564. The van der Waals surface area contributed by atoms with Gasteiger partial charge in [0.05, 0.1) is 0 Å². The molecule has 0 radical (unpaired) electrons. The van der Waals surface area contributed by atoms with E-state index in [9.17, 15) is 4.79 Å². The van der Waals surface area contributed by atoms with Gasteiger partial charge in [-0.05, 0) is 125 Å². The SMILES string of the molecule is CCCCCCCCCCCCCC(C)(C1=CC(C(C)(C)C)C(=O)C=C1C)C(CCCCCCCCCCCCC)(CCCCCCCCCCCCC)C(CCCCCCCCCCCCC)(C1=CC(C(C)(C)C)C(=O)C=C1C)C1=CC(C(C)(C)C)C(=O)C=C1C. The molecule has 0 spiro atoms. The van der Waals surface area contributed by atoms with E-state index < -0.39 is 5.41 Å². The molecule has 0 heterocycles. The molecule has 3 aliphatic rings. The summed E-state index contributed by atoms with van der Waals surface area (Å²) >= 11 is 0. The molecule has 0 bridgehead atoms. The molecule has 92 heavy (non-hydrogen) atoms. The van der Waals surface area contributed by atoms with Gasteiger partial charge in [-0.25, -0.2) is 0 Å². The van der Waals surface area contributed by atoms with Gasteiger partial charge in [0.1, 0.15) is 0 Å². The Morgan fingerprint density at radius 2 is 0.457 bits per heavy atom. The fourth-order valence-corrected chi connectivity index (χ4v) is 17.6. The molecule has 0 saturated carbocycles. The highest BCUT2D eigenvalue weighted by atomic mass is 16.1. The van der Waals surface area contributed by atoms with Crippen LogP contribution in [0.1, 0.15) is 426 Å². The second-order valence-electron chi connectivity index (χ2n) is 34.4. The van der Waals surface area contributed by atoms with Crippen molar-refractivity contribution in [3.8, 4) is 0 Å². The van der Waals surface area contributed by atoms with Crippen LogP contribution in [0, 0.1) is 50.2 Å².